The third kappa shape index (κ3) is 3.22. The van der Waals surface area contributed by atoms with E-state index in [9.17, 15) is 5.11 Å². The summed E-state index contributed by atoms with van der Waals surface area (Å²) >= 11 is -2.22. The van der Waals surface area contributed by atoms with Crippen LogP contribution >= 0.6 is 7.26 Å². The van der Waals surface area contributed by atoms with Gasteiger partial charge in [0, 0.05) is 0 Å². The Morgan fingerprint density at radius 3 is 1.33 bits per heavy atom. The molecule has 3 heteroatoms. The maximum atomic E-state index is 12.0. The summed E-state index contributed by atoms with van der Waals surface area (Å²) in [5.41, 5.74) is 9.42. The molecule has 0 spiro atoms. The molecule has 3 heterocycles. The van der Waals surface area contributed by atoms with Crippen LogP contribution in [0.25, 0.3) is 0 Å². The second-order valence-electron chi connectivity index (χ2n) is 10.9. The van der Waals surface area contributed by atoms with Crippen LogP contribution in [-0.4, -0.2) is 31.0 Å². The second kappa shape index (κ2) is 8.56. The average Bonchev–Trinajstić information content (AvgIpc) is 2.86. The first-order valence-corrected chi connectivity index (χ1v) is 18.6. The van der Waals surface area contributed by atoms with Crippen LogP contribution in [0.4, 0.5) is 0 Å². The van der Waals surface area contributed by atoms with Crippen LogP contribution in [0.2, 0.25) is 0 Å². The third-order valence-corrected chi connectivity index (χ3v) is 22.6. The van der Waals surface area contributed by atoms with Gasteiger partial charge in [-0.15, -0.1) is 0 Å². The summed E-state index contributed by atoms with van der Waals surface area (Å²) in [7, 11) is -2.13. The van der Waals surface area contributed by atoms with Gasteiger partial charge < -0.3 is 0 Å². The quantitative estimate of drug-likeness (QED) is 0.278. The molecule has 0 aliphatic carbocycles. The Morgan fingerprint density at radius 1 is 0.583 bits per heavy atom. The van der Waals surface area contributed by atoms with E-state index >= 15 is 0 Å². The predicted molar refractivity (Wildman–Crippen MR) is 159 cm³/mol. The first-order valence-electron chi connectivity index (χ1n) is 12.9. The third-order valence-electron chi connectivity index (χ3n) is 8.84. The summed E-state index contributed by atoms with van der Waals surface area (Å²) in [5, 5.41) is 16.8. The van der Waals surface area contributed by atoms with E-state index < -0.39 is 33.6 Å². The summed E-state index contributed by atoms with van der Waals surface area (Å²) in [6.07, 6.45) is -0.528. The van der Waals surface area contributed by atoms with Gasteiger partial charge in [0.05, 0.1) is 0 Å². The molecule has 0 unspecified atom stereocenters. The Kier molecular flexibility index (Phi) is 5.81. The Labute approximate surface area is 223 Å². The van der Waals surface area contributed by atoms with Crippen molar-refractivity contribution in [2.24, 2.45) is 0 Å². The zero-order valence-corrected chi connectivity index (χ0v) is 25.8. The van der Waals surface area contributed by atoms with E-state index in [-0.39, 0.29) is 5.66 Å². The number of hydrogen-bond acceptors (Lipinski definition) is 1. The topological polar surface area (TPSA) is 20.2 Å². The van der Waals surface area contributed by atoms with Crippen molar-refractivity contribution in [3.8, 4) is 0 Å². The molecule has 0 fully saturated rings. The Hall–Kier alpha value is -1.91. The first kappa shape index (κ1) is 24.4. The molecule has 182 valence electrons. The zero-order chi connectivity index (χ0) is 25.5. The SMILES string of the molecule is Cc1c[c]2c(cc1C)[P+]1([C@H](C)[C@@H](O)c3ccccc3)c3cc(C)c(C)c[c]3[Sb]2[c]2cc(C)c(C)cc21. The van der Waals surface area contributed by atoms with Crippen molar-refractivity contribution in [1.82, 2.24) is 0 Å². The van der Waals surface area contributed by atoms with Gasteiger partial charge >= 0.3 is 225 Å². The Bertz CT molecular complexity index is 1390. The molecule has 7 rings (SSSR count). The molecule has 0 saturated carbocycles. The molecule has 3 aliphatic rings. The van der Waals surface area contributed by atoms with Crippen molar-refractivity contribution < 1.29 is 5.11 Å². The van der Waals surface area contributed by atoms with Gasteiger partial charge in [0.2, 0.25) is 0 Å². The molecule has 1 nitrogen and oxygen atoms in total. The van der Waals surface area contributed by atoms with Crippen molar-refractivity contribution >= 4 is 53.9 Å². The summed E-state index contributed by atoms with van der Waals surface area (Å²) in [6, 6.07) is 25.5. The Balaban J connectivity index is 1.78. The van der Waals surface area contributed by atoms with Crippen molar-refractivity contribution in [3.05, 3.63) is 106 Å². The average molecular weight is 600 g/mol. The van der Waals surface area contributed by atoms with Gasteiger partial charge in [0.15, 0.2) is 0 Å². The van der Waals surface area contributed by atoms with Gasteiger partial charge in [-0.25, -0.2) is 0 Å². The van der Waals surface area contributed by atoms with Gasteiger partial charge in [0.25, 0.3) is 0 Å². The van der Waals surface area contributed by atoms with Crippen molar-refractivity contribution in [1.29, 1.82) is 0 Å². The fourth-order valence-corrected chi connectivity index (χ4v) is 25.0. The molecule has 0 aromatic heterocycles. The van der Waals surface area contributed by atoms with Crippen molar-refractivity contribution in [2.75, 3.05) is 0 Å². The molecule has 2 atom stereocenters. The fraction of sp³-hybridized carbons (Fsp3) is 0.273. The van der Waals surface area contributed by atoms with Crippen LogP contribution < -0.4 is 26.4 Å². The molecular weight excluding hydrogens is 565 g/mol. The van der Waals surface area contributed by atoms with E-state index in [1.807, 2.05) is 6.07 Å². The monoisotopic (exact) mass is 599 g/mol. The molecule has 1 N–H and O–H groups in total. The van der Waals surface area contributed by atoms with Crippen LogP contribution in [0.15, 0.2) is 66.7 Å². The predicted octanol–water partition coefficient (Wildman–Crippen LogP) is 4.10. The van der Waals surface area contributed by atoms with Crippen molar-refractivity contribution in [2.45, 2.75) is 60.2 Å². The molecular formula is C33H35OPSb+. The molecule has 0 radical (unpaired) electrons. The molecule has 36 heavy (non-hydrogen) atoms. The molecule has 3 aliphatic heterocycles. The van der Waals surface area contributed by atoms with Gasteiger partial charge in [-0.1, -0.05) is 0 Å². The molecule has 0 amide bonds. The number of aliphatic hydroxyl groups is 1. The second-order valence-corrected chi connectivity index (χ2v) is 20.7. The maximum absolute atomic E-state index is 12.0. The van der Waals surface area contributed by atoms with E-state index in [0.29, 0.717) is 0 Å². The number of aliphatic hydroxyl groups excluding tert-OH is 1. The van der Waals surface area contributed by atoms with E-state index in [1.54, 1.807) is 26.4 Å². The molecule has 0 saturated heterocycles. The number of benzene rings is 4. The summed E-state index contributed by atoms with van der Waals surface area (Å²) in [6.45, 7) is 16.0. The number of aryl methyl sites for hydroxylation is 6. The molecule has 4 aromatic carbocycles. The Morgan fingerprint density at radius 2 is 0.944 bits per heavy atom. The van der Waals surface area contributed by atoms with Gasteiger partial charge in [-0.2, -0.15) is 0 Å². The van der Waals surface area contributed by atoms with Gasteiger partial charge in [0.1, 0.15) is 0 Å². The van der Waals surface area contributed by atoms with Crippen LogP contribution in [0, 0.1) is 41.5 Å². The van der Waals surface area contributed by atoms with E-state index in [1.165, 1.54) is 33.4 Å². The van der Waals surface area contributed by atoms with Crippen LogP contribution in [0.1, 0.15) is 52.0 Å². The summed E-state index contributed by atoms with van der Waals surface area (Å²) in [5.74, 6) is 0. The van der Waals surface area contributed by atoms with Crippen LogP contribution in [-0.2, 0) is 0 Å². The fourth-order valence-electron chi connectivity index (χ4n) is 6.32. The van der Waals surface area contributed by atoms with Crippen LogP contribution in [0.5, 0.6) is 0 Å². The van der Waals surface area contributed by atoms with E-state index in [0.717, 1.165) is 5.56 Å². The molecule has 4 aromatic rings. The van der Waals surface area contributed by atoms with Gasteiger partial charge in [-0.05, 0) is 0 Å². The normalized spacial score (nSPS) is 16.8. The minimum atomic E-state index is -2.22. The summed E-state index contributed by atoms with van der Waals surface area (Å²) in [4.78, 5) is 0. The molecule has 2 bridgehead atoms. The minimum absolute atomic E-state index is 0.0744. The zero-order valence-electron chi connectivity index (χ0n) is 22.3. The van der Waals surface area contributed by atoms with Gasteiger partial charge in [-0.3, -0.25) is 0 Å². The standard InChI is InChI=1S/C33H35OP.Sb/c1-22-13-16-30(19-25(22)4)35(31-17-14-23(2)26(5)20-31,32-18-15-24(3)27(6)21-32)28(7)33(34)29-11-9-8-10-12-29;/h8-15,19-21,28,33-34H,1-7H3;/q+1;/t28-,33-;/m1./s1. The van der Waals surface area contributed by atoms with E-state index in [4.69, 9.17) is 0 Å². The van der Waals surface area contributed by atoms with Crippen molar-refractivity contribution in [3.63, 3.8) is 0 Å². The summed E-state index contributed by atoms with van der Waals surface area (Å²) < 4.78 is 4.94. The number of rotatable bonds is 3. The number of hydrogen-bond donors (Lipinski definition) is 1. The van der Waals surface area contributed by atoms with Crippen LogP contribution in [0.3, 0.4) is 0 Å². The van der Waals surface area contributed by atoms with E-state index in [2.05, 4.69) is 109 Å². The first-order chi connectivity index (χ1) is 17.2.